The van der Waals surface area contributed by atoms with Crippen molar-refractivity contribution in [3.63, 3.8) is 0 Å². The molecule has 0 spiro atoms. The number of carbonyl (C=O) groups excluding carboxylic acids is 1. The number of anilines is 4. The lowest BCUT2D eigenvalue weighted by Gasteiger charge is -2.15. The molecule has 12 heteroatoms. The summed E-state index contributed by atoms with van der Waals surface area (Å²) >= 11 is 0. The lowest BCUT2D eigenvalue weighted by Crippen LogP contribution is -2.25. The number of aromatic nitrogens is 2. The highest BCUT2D eigenvalue weighted by atomic mass is 32.2. The number of halogens is 1. The lowest BCUT2D eigenvalue weighted by atomic mass is 10.2. The van der Waals surface area contributed by atoms with Crippen LogP contribution in [0, 0.1) is 5.82 Å². The van der Waals surface area contributed by atoms with Crippen LogP contribution in [0.2, 0.25) is 0 Å². The van der Waals surface area contributed by atoms with Crippen molar-refractivity contribution in [1.29, 1.82) is 0 Å². The molecule has 0 aliphatic carbocycles. The van der Waals surface area contributed by atoms with E-state index < -0.39 is 15.8 Å². The first-order chi connectivity index (χ1) is 17.3. The Morgan fingerprint density at radius 2 is 1.67 bits per heavy atom. The van der Waals surface area contributed by atoms with E-state index in [2.05, 4.69) is 30.6 Å². The Labute approximate surface area is 207 Å². The minimum Gasteiger partial charge on any atom is -0.497 e. The van der Waals surface area contributed by atoms with Crippen LogP contribution in [0.1, 0.15) is 0 Å². The Bertz CT molecular complexity index is 1530. The van der Waals surface area contributed by atoms with Crippen molar-refractivity contribution in [3.8, 4) is 5.75 Å². The van der Waals surface area contributed by atoms with E-state index >= 15 is 0 Å². The first-order valence-corrected chi connectivity index (χ1v) is 12.2. The maximum atomic E-state index is 14.0. The summed E-state index contributed by atoms with van der Waals surface area (Å²) in [6, 6.07) is 16.7. The van der Waals surface area contributed by atoms with Crippen molar-refractivity contribution in [3.05, 3.63) is 72.5 Å². The topological polar surface area (TPSA) is 134 Å². The predicted octanol–water partition coefficient (Wildman–Crippen LogP) is 3.48. The van der Waals surface area contributed by atoms with Crippen LogP contribution in [0.15, 0.2) is 71.6 Å². The molecule has 1 heterocycles. The molecule has 1 amide bonds. The molecule has 3 aromatic carbocycles. The number of ether oxygens (including phenoxy) is 1. The Morgan fingerprint density at radius 3 is 2.36 bits per heavy atom. The molecule has 4 aromatic rings. The fraction of sp³-hybridized carbons (Fsp3) is 0.125. The molecule has 0 radical (unpaired) electrons. The zero-order valence-corrected chi connectivity index (χ0v) is 20.2. The third kappa shape index (κ3) is 5.85. The third-order valence-corrected chi connectivity index (χ3v) is 6.27. The van der Waals surface area contributed by atoms with Crippen LogP contribution in [0.25, 0.3) is 11.0 Å². The molecular weight excluding hydrogens is 487 g/mol. The second-order valence-electron chi connectivity index (χ2n) is 7.63. The molecule has 186 valence electrons. The highest BCUT2D eigenvalue weighted by Crippen LogP contribution is 2.29. The number of para-hydroxylation sites is 2. The fourth-order valence-corrected chi connectivity index (χ4v) is 4.40. The number of fused-ring (bicyclic) bond motifs is 1. The van der Waals surface area contributed by atoms with Gasteiger partial charge in [-0.15, -0.1) is 0 Å². The average Bonchev–Trinajstić information content (AvgIpc) is 2.84. The van der Waals surface area contributed by atoms with Crippen LogP contribution in [-0.4, -0.2) is 45.0 Å². The van der Waals surface area contributed by atoms with E-state index in [1.54, 1.807) is 37.4 Å². The second kappa shape index (κ2) is 10.5. The summed E-state index contributed by atoms with van der Waals surface area (Å²) in [6.45, 7) is 0.0712. The van der Waals surface area contributed by atoms with Crippen LogP contribution in [0.3, 0.4) is 0 Å². The second-order valence-corrected chi connectivity index (χ2v) is 9.31. The Balaban J connectivity index is 1.71. The molecule has 10 nitrogen and oxygen atoms in total. The highest BCUT2D eigenvalue weighted by molar-refractivity contribution is 7.92. The van der Waals surface area contributed by atoms with Crippen LogP contribution >= 0.6 is 0 Å². The first-order valence-electron chi connectivity index (χ1n) is 10.7. The molecule has 0 fully saturated rings. The number of sulfonamides is 1. The van der Waals surface area contributed by atoms with Gasteiger partial charge >= 0.3 is 0 Å². The number of hydrogen-bond acceptors (Lipinski definition) is 8. The molecule has 4 N–H and O–H groups in total. The zero-order valence-electron chi connectivity index (χ0n) is 19.4. The number of benzene rings is 3. The van der Waals surface area contributed by atoms with Gasteiger partial charge in [0.1, 0.15) is 11.6 Å². The van der Waals surface area contributed by atoms with E-state index in [1.807, 2.05) is 0 Å². The Morgan fingerprint density at radius 1 is 0.944 bits per heavy atom. The molecule has 0 unspecified atom stereocenters. The third-order valence-electron chi connectivity index (χ3n) is 4.94. The van der Waals surface area contributed by atoms with Crippen molar-refractivity contribution >= 4 is 50.0 Å². The normalized spacial score (nSPS) is 11.2. The Kier molecular flexibility index (Phi) is 7.27. The van der Waals surface area contributed by atoms with Crippen LogP contribution in [-0.2, 0) is 14.8 Å². The van der Waals surface area contributed by atoms with Crippen molar-refractivity contribution in [1.82, 2.24) is 15.3 Å². The summed E-state index contributed by atoms with van der Waals surface area (Å²) in [5, 5.41) is 8.26. The molecule has 0 saturated carbocycles. The van der Waals surface area contributed by atoms with Gasteiger partial charge in [-0.2, -0.15) is 0 Å². The summed E-state index contributed by atoms with van der Waals surface area (Å²) in [6.07, 6.45) is 0. The van der Waals surface area contributed by atoms with Gasteiger partial charge in [0, 0.05) is 23.5 Å². The summed E-state index contributed by atoms with van der Waals surface area (Å²) in [5.41, 5.74) is 1.55. The van der Waals surface area contributed by atoms with Crippen LogP contribution in [0.5, 0.6) is 5.75 Å². The van der Waals surface area contributed by atoms with E-state index in [0.29, 0.717) is 16.7 Å². The molecule has 0 aliphatic rings. The summed E-state index contributed by atoms with van der Waals surface area (Å²) in [5.74, 6) is -0.641. The summed E-state index contributed by atoms with van der Waals surface area (Å²) in [7, 11) is -1.12. The van der Waals surface area contributed by atoms with Gasteiger partial charge in [0.15, 0.2) is 11.6 Å². The van der Waals surface area contributed by atoms with E-state index in [9.17, 15) is 17.6 Å². The molecule has 0 atom stereocenters. The maximum Gasteiger partial charge on any atom is 0.263 e. The number of amides is 1. The molecule has 1 aromatic heterocycles. The van der Waals surface area contributed by atoms with E-state index in [-0.39, 0.29) is 40.4 Å². The molecule has 0 saturated heterocycles. The van der Waals surface area contributed by atoms with Gasteiger partial charge in [0.2, 0.25) is 5.91 Å². The van der Waals surface area contributed by atoms with Crippen LogP contribution < -0.4 is 25.4 Å². The van der Waals surface area contributed by atoms with Crippen molar-refractivity contribution < 1.29 is 22.3 Å². The molecule has 4 rings (SSSR count). The zero-order chi connectivity index (χ0) is 25.7. The number of rotatable bonds is 9. The summed E-state index contributed by atoms with van der Waals surface area (Å²) < 4.78 is 48.1. The molecule has 0 bridgehead atoms. The standard InChI is InChI=1S/C24H23FN6O4S/c1-26-14-22(32)27-16-6-5-7-19(13-16)36(33,34)31-24-23(29-20-8-3-4-9-21(20)30-24)28-17-10-15(25)11-18(12-17)35-2/h3-13,26H,14H2,1-2H3,(H,27,32)(H,28,29)(H,30,31). The molecular formula is C24H23FN6O4S. The van der Waals surface area contributed by atoms with Gasteiger partial charge in [0.05, 0.1) is 29.6 Å². The van der Waals surface area contributed by atoms with Crippen LogP contribution in [0.4, 0.5) is 27.4 Å². The van der Waals surface area contributed by atoms with Crippen molar-refractivity contribution in [2.24, 2.45) is 0 Å². The minimum atomic E-state index is -4.15. The highest BCUT2D eigenvalue weighted by Gasteiger charge is 2.20. The largest absolute Gasteiger partial charge is 0.497 e. The number of nitrogens with zero attached hydrogens (tertiary/aromatic N) is 2. The molecule has 0 aliphatic heterocycles. The van der Waals surface area contributed by atoms with Crippen molar-refractivity contribution in [2.45, 2.75) is 4.90 Å². The first kappa shape index (κ1) is 24.8. The number of likely N-dealkylation sites (N-methyl/N-ethyl adjacent to an activating group) is 1. The van der Waals surface area contributed by atoms with E-state index in [4.69, 9.17) is 4.74 Å². The van der Waals surface area contributed by atoms with Gasteiger partial charge in [-0.05, 0) is 43.4 Å². The van der Waals surface area contributed by atoms with Crippen molar-refractivity contribution in [2.75, 3.05) is 36.1 Å². The Hall–Kier alpha value is -4.29. The van der Waals surface area contributed by atoms with Gasteiger partial charge in [-0.1, -0.05) is 18.2 Å². The van der Waals surface area contributed by atoms with Gasteiger partial charge in [-0.3, -0.25) is 9.52 Å². The minimum absolute atomic E-state index is 0.0587. The SMILES string of the molecule is CNCC(=O)Nc1cccc(S(=O)(=O)Nc2nc3ccccc3nc2Nc2cc(F)cc(OC)c2)c1. The predicted molar refractivity (Wildman–Crippen MR) is 136 cm³/mol. The smallest absolute Gasteiger partial charge is 0.263 e. The monoisotopic (exact) mass is 510 g/mol. The lowest BCUT2D eigenvalue weighted by molar-refractivity contribution is -0.115. The average molecular weight is 511 g/mol. The van der Waals surface area contributed by atoms with E-state index in [1.165, 1.54) is 43.5 Å². The summed E-state index contributed by atoms with van der Waals surface area (Å²) in [4.78, 5) is 20.7. The molecule has 36 heavy (non-hydrogen) atoms. The van der Waals surface area contributed by atoms with E-state index in [0.717, 1.165) is 0 Å². The quantitative estimate of drug-likeness (QED) is 0.269. The van der Waals surface area contributed by atoms with Gasteiger partial charge in [0.25, 0.3) is 10.0 Å². The fourth-order valence-electron chi connectivity index (χ4n) is 3.34. The number of carbonyl (C=O) groups is 1. The van der Waals surface area contributed by atoms with Gasteiger partial charge < -0.3 is 20.7 Å². The number of hydrogen-bond donors (Lipinski definition) is 4. The maximum absolute atomic E-state index is 14.0. The number of nitrogens with one attached hydrogen (secondary N) is 4. The number of methoxy groups -OCH3 is 1. The van der Waals surface area contributed by atoms with Gasteiger partial charge in [-0.25, -0.2) is 22.8 Å².